The van der Waals surface area contributed by atoms with Gasteiger partial charge in [0.1, 0.15) is 5.54 Å². The van der Waals surface area contributed by atoms with Gasteiger partial charge in [0, 0.05) is 38.7 Å². The number of aryl methyl sites for hydroxylation is 1. The van der Waals surface area contributed by atoms with Gasteiger partial charge < -0.3 is 15.1 Å². The summed E-state index contributed by atoms with van der Waals surface area (Å²) in [6.45, 7) is 2.05. The molecule has 3 atom stereocenters. The minimum absolute atomic E-state index is 0.0983. The predicted octanol–water partition coefficient (Wildman–Crippen LogP) is 2.34. The van der Waals surface area contributed by atoms with Crippen molar-refractivity contribution in [2.24, 2.45) is 5.92 Å². The standard InChI is InChI=1S/C24H27N3O3/c1-24-21(17-11-7-8-12-19(17)26(3)23(24)30)18(22(29)25-2)15-27(24)20(28)14-13-16-9-5-4-6-10-16/h4-12,18,21H,13-15H2,1-3H3,(H,25,29)/t18-,21+,24-/m0/s1. The molecule has 30 heavy (non-hydrogen) atoms. The van der Waals surface area contributed by atoms with Crippen molar-refractivity contribution in [2.45, 2.75) is 31.2 Å². The molecule has 2 aromatic rings. The summed E-state index contributed by atoms with van der Waals surface area (Å²) in [4.78, 5) is 42.9. The Kier molecular flexibility index (Phi) is 5.10. The molecule has 2 aromatic carbocycles. The van der Waals surface area contributed by atoms with Crippen molar-refractivity contribution in [3.05, 3.63) is 65.7 Å². The van der Waals surface area contributed by atoms with Crippen molar-refractivity contribution in [3.8, 4) is 0 Å². The summed E-state index contributed by atoms with van der Waals surface area (Å²) in [5.41, 5.74) is 1.73. The molecular weight excluding hydrogens is 378 g/mol. The van der Waals surface area contributed by atoms with E-state index in [2.05, 4.69) is 5.32 Å². The zero-order chi connectivity index (χ0) is 21.5. The van der Waals surface area contributed by atoms with Gasteiger partial charge in [-0.1, -0.05) is 48.5 Å². The molecule has 0 aromatic heterocycles. The summed E-state index contributed by atoms with van der Waals surface area (Å²) in [5, 5.41) is 2.73. The van der Waals surface area contributed by atoms with E-state index in [1.807, 2.05) is 61.5 Å². The molecule has 6 heteroatoms. The molecule has 0 saturated carbocycles. The topological polar surface area (TPSA) is 69.7 Å². The van der Waals surface area contributed by atoms with Gasteiger partial charge in [0.15, 0.2) is 0 Å². The van der Waals surface area contributed by atoms with Gasteiger partial charge in [0.2, 0.25) is 11.8 Å². The number of likely N-dealkylation sites (tertiary alicyclic amines) is 1. The van der Waals surface area contributed by atoms with E-state index < -0.39 is 11.5 Å². The third-order valence-electron chi connectivity index (χ3n) is 6.67. The maximum atomic E-state index is 13.5. The van der Waals surface area contributed by atoms with Crippen LogP contribution in [0.25, 0.3) is 0 Å². The van der Waals surface area contributed by atoms with Crippen LogP contribution in [0.1, 0.15) is 30.4 Å². The van der Waals surface area contributed by atoms with Crippen molar-refractivity contribution in [1.29, 1.82) is 0 Å². The molecule has 156 valence electrons. The lowest BCUT2D eigenvalue weighted by molar-refractivity contribution is -0.143. The van der Waals surface area contributed by atoms with Gasteiger partial charge in [0.25, 0.3) is 5.91 Å². The van der Waals surface area contributed by atoms with E-state index in [4.69, 9.17) is 0 Å². The van der Waals surface area contributed by atoms with Crippen LogP contribution in [-0.2, 0) is 20.8 Å². The fraction of sp³-hybridized carbons (Fsp3) is 0.375. The van der Waals surface area contributed by atoms with Crippen LogP contribution in [0.5, 0.6) is 0 Å². The highest BCUT2D eigenvalue weighted by atomic mass is 16.2. The molecule has 1 N–H and O–H groups in total. The van der Waals surface area contributed by atoms with Crippen molar-refractivity contribution in [3.63, 3.8) is 0 Å². The first kappa shape index (κ1) is 20.1. The number of nitrogens with zero attached hydrogens (tertiary/aromatic N) is 2. The quantitative estimate of drug-likeness (QED) is 0.849. The summed E-state index contributed by atoms with van der Waals surface area (Å²) >= 11 is 0. The Hall–Kier alpha value is -3.15. The van der Waals surface area contributed by atoms with Crippen LogP contribution in [0.15, 0.2) is 54.6 Å². The third kappa shape index (κ3) is 2.98. The number of hydrogen-bond acceptors (Lipinski definition) is 3. The fourth-order valence-electron chi connectivity index (χ4n) is 5.14. The Morgan fingerprint density at radius 1 is 1.10 bits per heavy atom. The number of rotatable bonds is 4. The van der Waals surface area contributed by atoms with Crippen molar-refractivity contribution >= 4 is 23.4 Å². The third-order valence-corrected chi connectivity index (χ3v) is 6.67. The molecule has 2 heterocycles. The SMILES string of the molecule is CNC(=O)[C@H]1CN(C(=O)CCc2ccccc2)[C@]2(C)C(=O)N(C)c3ccccc3[C@H]12. The van der Waals surface area contributed by atoms with E-state index in [0.717, 1.165) is 16.8 Å². The average Bonchev–Trinajstić information content (AvgIpc) is 3.10. The summed E-state index contributed by atoms with van der Waals surface area (Å²) in [6.07, 6.45) is 0.896. The second-order valence-corrected chi connectivity index (χ2v) is 8.26. The van der Waals surface area contributed by atoms with Crippen LogP contribution in [0.4, 0.5) is 5.69 Å². The van der Waals surface area contributed by atoms with Crippen molar-refractivity contribution < 1.29 is 14.4 Å². The molecule has 2 aliphatic heterocycles. The maximum absolute atomic E-state index is 13.5. The Morgan fingerprint density at radius 3 is 2.47 bits per heavy atom. The minimum atomic E-state index is -1.09. The number of hydrogen-bond donors (Lipinski definition) is 1. The van der Waals surface area contributed by atoms with Crippen LogP contribution in [0, 0.1) is 5.92 Å². The molecule has 2 aliphatic rings. The molecule has 1 fully saturated rings. The zero-order valence-electron chi connectivity index (χ0n) is 17.6. The predicted molar refractivity (Wildman–Crippen MR) is 115 cm³/mol. The van der Waals surface area contributed by atoms with E-state index in [-0.39, 0.29) is 30.2 Å². The van der Waals surface area contributed by atoms with E-state index in [0.29, 0.717) is 12.8 Å². The molecule has 1 saturated heterocycles. The van der Waals surface area contributed by atoms with Gasteiger partial charge in [-0.15, -0.1) is 0 Å². The highest BCUT2D eigenvalue weighted by molar-refractivity contribution is 6.07. The lowest BCUT2D eigenvalue weighted by Crippen LogP contribution is -2.60. The fourth-order valence-corrected chi connectivity index (χ4v) is 5.14. The number of likely N-dealkylation sites (N-methyl/N-ethyl adjacent to an activating group) is 1. The Morgan fingerprint density at radius 2 is 1.77 bits per heavy atom. The van der Waals surface area contributed by atoms with Gasteiger partial charge in [-0.25, -0.2) is 0 Å². The largest absolute Gasteiger partial charge is 0.359 e. The Labute approximate surface area is 176 Å². The first-order chi connectivity index (χ1) is 14.4. The highest BCUT2D eigenvalue weighted by Crippen LogP contribution is 2.52. The first-order valence-electron chi connectivity index (χ1n) is 10.3. The van der Waals surface area contributed by atoms with Gasteiger partial charge in [0.05, 0.1) is 5.92 Å². The number of para-hydroxylation sites is 1. The molecule has 0 spiro atoms. The molecule has 0 unspecified atom stereocenters. The Bertz CT molecular complexity index is 990. The number of nitrogens with one attached hydrogen (secondary N) is 1. The first-order valence-corrected chi connectivity index (χ1v) is 10.3. The second kappa shape index (κ2) is 7.59. The molecule has 0 bridgehead atoms. The molecule has 0 radical (unpaired) electrons. The lowest BCUT2D eigenvalue weighted by Gasteiger charge is -2.45. The minimum Gasteiger partial charge on any atom is -0.359 e. The lowest BCUT2D eigenvalue weighted by atomic mass is 9.72. The van der Waals surface area contributed by atoms with Crippen LogP contribution >= 0.6 is 0 Å². The van der Waals surface area contributed by atoms with Crippen LogP contribution in [0.3, 0.4) is 0 Å². The van der Waals surface area contributed by atoms with E-state index >= 15 is 0 Å². The van der Waals surface area contributed by atoms with E-state index in [9.17, 15) is 14.4 Å². The molecule has 4 rings (SSSR count). The second-order valence-electron chi connectivity index (χ2n) is 8.26. The van der Waals surface area contributed by atoms with Crippen molar-refractivity contribution in [1.82, 2.24) is 10.2 Å². The van der Waals surface area contributed by atoms with Gasteiger partial charge >= 0.3 is 0 Å². The monoisotopic (exact) mass is 405 g/mol. The van der Waals surface area contributed by atoms with Crippen LogP contribution in [0.2, 0.25) is 0 Å². The summed E-state index contributed by atoms with van der Waals surface area (Å²) < 4.78 is 0. The number of fused-ring (bicyclic) bond motifs is 3. The Balaban J connectivity index is 1.72. The molecule has 3 amide bonds. The smallest absolute Gasteiger partial charge is 0.253 e. The summed E-state index contributed by atoms with van der Waals surface area (Å²) in [6, 6.07) is 17.5. The van der Waals surface area contributed by atoms with Crippen LogP contribution in [-0.4, -0.2) is 48.8 Å². The maximum Gasteiger partial charge on any atom is 0.253 e. The van der Waals surface area contributed by atoms with E-state index in [1.165, 1.54) is 0 Å². The number of amides is 3. The zero-order valence-corrected chi connectivity index (χ0v) is 17.6. The molecular formula is C24H27N3O3. The van der Waals surface area contributed by atoms with Gasteiger partial charge in [-0.2, -0.15) is 0 Å². The van der Waals surface area contributed by atoms with Gasteiger partial charge in [-0.3, -0.25) is 14.4 Å². The molecule has 6 nitrogen and oxygen atoms in total. The number of carbonyl (C=O) groups excluding carboxylic acids is 3. The molecule has 0 aliphatic carbocycles. The van der Waals surface area contributed by atoms with E-state index in [1.54, 1.807) is 23.9 Å². The summed E-state index contributed by atoms with van der Waals surface area (Å²) in [5.74, 6) is -1.24. The van der Waals surface area contributed by atoms with Crippen molar-refractivity contribution in [2.75, 3.05) is 25.5 Å². The highest BCUT2D eigenvalue weighted by Gasteiger charge is 2.62. The number of anilines is 1. The normalized spacial score (nSPS) is 25.0. The average molecular weight is 405 g/mol. The van der Waals surface area contributed by atoms with Crippen LogP contribution < -0.4 is 10.2 Å². The number of benzene rings is 2. The number of carbonyl (C=O) groups is 3. The van der Waals surface area contributed by atoms with Gasteiger partial charge in [-0.05, 0) is 30.5 Å². The summed E-state index contributed by atoms with van der Waals surface area (Å²) in [7, 11) is 3.34.